The standard InChI is InChI=1S/C19H20N4O/c1-24-13-12-20-19-22-17(15-8-4-2-5-9-15)14-18(23-19)21-16-10-6-3-7-11-16/h2-11,14H,12-13H2,1H3,(H2,20,21,22,23). The van der Waals surface area contributed by atoms with E-state index in [2.05, 4.69) is 20.6 Å². The lowest BCUT2D eigenvalue weighted by atomic mass is 10.1. The summed E-state index contributed by atoms with van der Waals surface area (Å²) in [6, 6.07) is 22.0. The van der Waals surface area contributed by atoms with Gasteiger partial charge in [0.05, 0.1) is 12.3 Å². The SMILES string of the molecule is COCCNc1nc(Nc2ccccc2)cc(-c2ccccc2)n1. The molecule has 1 aromatic heterocycles. The van der Waals surface area contributed by atoms with Crippen LogP contribution in [-0.4, -0.2) is 30.2 Å². The third-order valence-electron chi connectivity index (χ3n) is 3.43. The highest BCUT2D eigenvalue weighted by molar-refractivity contribution is 5.67. The van der Waals surface area contributed by atoms with Crippen LogP contribution in [-0.2, 0) is 4.74 Å². The van der Waals surface area contributed by atoms with Crippen molar-refractivity contribution in [2.75, 3.05) is 30.9 Å². The Kier molecular flexibility index (Phi) is 5.37. The molecule has 2 N–H and O–H groups in total. The molecule has 0 spiro atoms. The van der Waals surface area contributed by atoms with E-state index in [4.69, 9.17) is 4.74 Å². The molecular weight excluding hydrogens is 300 g/mol. The van der Waals surface area contributed by atoms with Crippen molar-refractivity contribution in [3.63, 3.8) is 0 Å². The molecule has 0 bridgehead atoms. The molecular formula is C19H20N4O. The van der Waals surface area contributed by atoms with Crippen LogP contribution in [0, 0.1) is 0 Å². The van der Waals surface area contributed by atoms with Crippen LogP contribution in [0.1, 0.15) is 0 Å². The van der Waals surface area contributed by atoms with Crippen molar-refractivity contribution >= 4 is 17.5 Å². The lowest BCUT2D eigenvalue weighted by Gasteiger charge is -2.11. The number of hydrogen-bond donors (Lipinski definition) is 2. The molecule has 3 rings (SSSR count). The number of benzene rings is 2. The van der Waals surface area contributed by atoms with Crippen molar-refractivity contribution in [2.45, 2.75) is 0 Å². The molecule has 0 saturated carbocycles. The predicted molar refractivity (Wildman–Crippen MR) is 97.6 cm³/mol. The van der Waals surface area contributed by atoms with Crippen LogP contribution in [0.5, 0.6) is 0 Å². The van der Waals surface area contributed by atoms with Gasteiger partial charge in [-0.2, -0.15) is 4.98 Å². The van der Waals surface area contributed by atoms with Crippen molar-refractivity contribution in [3.8, 4) is 11.3 Å². The van der Waals surface area contributed by atoms with E-state index in [1.54, 1.807) is 7.11 Å². The first-order valence-corrected chi connectivity index (χ1v) is 7.84. The largest absolute Gasteiger partial charge is 0.383 e. The summed E-state index contributed by atoms with van der Waals surface area (Å²) in [7, 11) is 1.67. The summed E-state index contributed by atoms with van der Waals surface area (Å²) >= 11 is 0. The van der Waals surface area contributed by atoms with Crippen LogP contribution in [0.25, 0.3) is 11.3 Å². The Morgan fingerprint density at radius 1 is 0.917 bits per heavy atom. The maximum absolute atomic E-state index is 5.07. The Labute approximate surface area is 141 Å². The second-order valence-electron chi connectivity index (χ2n) is 5.24. The van der Waals surface area contributed by atoms with Crippen LogP contribution < -0.4 is 10.6 Å². The average Bonchev–Trinajstić information content (AvgIpc) is 2.63. The number of aromatic nitrogens is 2. The summed E-state index contributed by atoms with van der Waals surface area (Å²) in [5.74, 6) is 1.32. The van der Waals surface area contributed by atoms with E-state index >= 15 is 0 Å². The number of rotatable bonds is 7. The molecule has 0 aliphatic rings. The molecule has 5 nitrogen and oxygen atoms in total. The number of nitrogens with one attached hydrogen (secondary N) is 2. The van der Waals surface area contributed by atoms with Crippen LogP contribution >= 0.6 is 0 Å². The summed E-state index contributed by atoms with van der Waals surface area (Å²) in [6.45, 7) is 1.25. The van der Waals surface area contributed by atoms with Gasteiger partial charge in [-0.05, 0) is 12.1 Å². The molecule has 122 valence electrons. The number of methoxy groups -OCH3 is 1. The molecule has 5 heteroatoms. The molecule has 0 saturated heterocycles. The molecule has 0 unspecified atom stereocenters. The Balaban J connectivity index is 1.90. The van der Waals surface area contributed by atoms with Crippen molar-refractivity contribution in [3.05, 3.63) is 66.7 Å². The molecule has 3 aromatic rings. The van der Waals surface area contributed by atoms with Gasteiger partial charge in [0.15, 0.2) is 0 Å². The van der Waals surface area contributed by atoms with Gasteiger partial charge in [0.25, 0.3) is 0 Å². The number of nitrogens with zero attached hydrogens (tertiary/aromatic N) is 2. The topological polar surface area (TPSA) is 59.1 Å². The van der Waals surface area contributed by atoms with Crippen LogP contribution in [0.15, 0.2) is 66.7 Å². The van der Waals surface area contributed by atoms with Crippen LogP contribution in [0.3, 0.4) is 0 Å². The van der Waals surface area contributed by atoms with E-state index in [1.165, 1.54) is 0 Å². The Hall–Kier alpha value is -2.92. The number of hydrogen-bond acceptors (Lipinski definition) is 5. The lowest BCUT2D eigenvalue weighted by molar-refractivity contribution is 0.210. The van der Waals surface area contributed by atoms with Gasteiger partial charge in [0.1, 0.15) is 5.82 Å². The first kappa shape index (κ1) is 16.0. The van der Waals surface area contributed by atoms with Gasteiger partial charge in [0.2, 0.25) is 5.95 Å². The van der Waals surface area contributed by atoms with E-state index in [-0.39, 0.29) is 0 Å². The summed E-state index contributed by atoms with van der Waals surface area (Å²) in [5, 5.41) is 6.52. The van der Waals surface area contributed by atoms with Gasteiger partial charge in [-0.15, -0.1) is 0 Å². The van der Waals surface area contributed by atoms with E-state index in [0.717, 1.165) is 22.8 Å². The molecule has 2 aromatic carbocycles. The molecule has 1 heterocycles. The summed E-state index contributed by atoms with van der Waals surface area (Å²) < 4.78 is 5.07. The van der Waals surface area contributed by atoms with Gasteiger partial charge in [-0.25, -0.2) is 4.98 Å². The third-order valence-corrected chi connectivity index (χ3v) is 3.43. The number of para-hydroxylation sites is 1. The summed E-state index contributed by atoms with van der Waals surface area (Å²) in [6.07, 6.45) is 0. The quantitative estimate of drug-likeness (QED) is 0.646. The Morgan fingerprint density at radius 2 is 1.62 bits per heavy atom. The highest BCUT2D eigenvalue weighted by atomic mass is 16.5. The third kappa shape index (κ3) is 4.30. The van der Waals surface area contributed by atoms with E-state index in [9.17, 15) is 0 Å². The second kappa shape index (κ2) is 8.08. The van der Waals surface area contributed by atoms with Crippen molar-refractivity contribution in [1.82, 2.24) is 9.97 Å². The molecule has 0 aliphatic heterocycles. The smallest absolute Gasteiger partial charge is 0.225 e. The Morgan fingerprint density at radius 3 is 2.33 bits per heavy atom. The predicted octanol–water partition coefficient (Wildman–Crippen LogP) is 3.95. The molecule has 0 amide bonds. The van der Waals surface area contributed by atoms with E-state index < -0.39 is 0 Å². The monoisotopic (exact) mass is 320 g/mol. The maximum Gasteiger partial charge on any atom is 0.225 e. The lowest BCUT2D eigenvalue weighted by Crippen LogP contribution is -2.11. The average molecular weight is 320 g/mol. The molecule has 0 aliphatic carbocycles. The molecule has 0 radical (unpaired) electrons. The number of ether oxygens (including phenoxy) is 1. The van der Waals surface area contributed by atoms with E-state index in [1.807, 2.05) is 66.7 Å². The van der Waals surface area contributed by atoms with Crippen molar-refractivity contribution < 1.29 is 4.74 Å². The zero-order valence-electron chi connectivity index (χ0n) is 13.6. The maximum atomic E-state index is 5.07. The van der Waals surface area contributed by atoms with Crippen LogP contribution in [0.2, 0.25) is 0 Å². The summed E-state index contributed by atoms with van der Waals surface area (Å²) in [4.78, 5) is 9.14. The second-order valence-corrected chi connectivity index (χ2v) is 5.24. The molecule has 24 heavy (non-hydrogen) atoms. The van der Waals surface area contributed by atoms with Crippen molar-refractivity contribution in [1.29, 1.82) is 0 Å². The summed E-state index contributed by atoms with van der Waals surface area (Å²) in [5.41, 5.74) is 2.90. The van der Waals surface area contributed by atoms with Gasteiger partial charge in [0, 0.05) is 31.0 Å². The number of anilines is 3. The van der Waals surface area contributed by atoms with Gasteiger partial charge in [-0.1, -0.05) is 48.5 Å². The zero-order valence-corrected chi connectivity index (χ0v) is 13.6. The minimum Gasteiger partial charge on any atom is -0.383 e. The van der Waals surface area contributed by atoms with E-state index in [0.29, 0.717) is 19.1 Å². The molecule has 0 atom stereocenters. The zero-order chi connectivity index (χ0) is 16.6. The van der Waals surface area contributed by atoms with Crippen LogP contribution in [0.4, 0.5) is 17.5 Å². The first-order chi connectivity index (χ1) is 11.8. The minimum absolute atomic E-state index is 0.576. The highest BCUT2D eigenvalue weighted by Crippen LogP contribution is 2.23. The van der Waals surface area contributed by atoms with Gasteiger partial charge < -0.3 is 15.4 Å². The minimum atomic E-state index is 0.576. The fraction of sp³-hybridized carbons (Fsp3) is 0.158. The fourth-order valence-electron chi connectivity index (χ4n) is 2.28. The van der Waals surface area contributed by atoms with Gasteiger partial charge >= 0.3 is 0 Å². The first-order valence-electron chi connectivity index (χ1n) is 7.84. The van der Waals surface area contributed by atoms with Gasteiger partial charge in [-0.3, -0.25) is 0 Å². The molecule has 0 fully saturated rings. The highest BCUT2D eigenvalue weighted by Gasteiger charge is 2.07. The Bertz CT molecular complexity index is 763. The van der Waals surface area contributed by atoms with Crippen molar-refractivity contribution in [2.24, 2.45) is 0 Å². The fourth-order valence-corrected chi connectivity index (χ4v) is 2.28. The normalized spacial score (nSPS) is 10.4.